The summed E-state index contributed by atoms with van der Waals surface area (Å²) in [6.45, 7) is 5.92. The molecular formula is C15H22N2O3S. The second-order valence-electron chi connectivity index (χ2n) is 6.05. The number of nitrogens with one attached hydrogen (secondary N) is 2. The molecule has 1 aromatic carbocycles. The molecular weight excluding hydrogens is 288 g/mol. The molecule has 0 radical (unpaired) electrons. The number of carbonyl (C=O) groups excluding carboxylic acids is 1. The van der Waals surface area contributed by atoms with Crippen LogP contribution in [0.5, 0.6) is 0 Å². The van der Waals surface area contributed by atoms with Gasteiger partial charge in [0, 0.05) is 11.2 Å². The predicted octanol–water partition coefficient (Wildman–Crippen LogP) is 1.41. The van der Waals surface area contributed by atoms with Crippen LogP contribution in [0.15, 0.2) is 18.2 Å². The highest BCUT2D eigenvalue weighted by atomic mass is 32.2. The molecule has 6 heteroatoms. The summed E-state index contributed by atoms with van der Waals surface area (Å²) in [5.41, 5.74) is 2.46. The summed E-state index contributed by atoms with van der Waals surface area (Å²) in [6.07, 6.45) is 0.548. The van der Waals surface area contributed by atoms with Gasteiger partial charge in [-0.25, -0.2) is 8.42 Å². The first-order valence-corrected chi connectivity index (χ1v) is 8.84. The van der Waals surface area contributed by atoms with Crippen molar-refractivity contribution in [1.82, 2.24) is 5.32 Å². The van der Waals surface area contributed by atoms with Crippen LogP contribution in [0.3, 0.4) is 0 Å². The molecule has 0 aromatic heterocycles. The Labute approximate surface area is 126 Å². The third-order valence-electron chi connectivity index (χ3n) is 4.06. The van der Waals surface area contributed by atoms with E-state index >= 15 is 0 Å². The average molecular weight is 310 g/mol. The van der Waals surface area contributed by atoms with Gasteiger partial charge in [-0.05, 0) is 44.4 Å². The van der Waals surface area contributed by atoms with Crippen LogP contribution in [-0.4, -0.2) is 37.9 Å². The van der Waals surface area contributed by atoms with E-state index in [1.165, 1.54) is 0 Å². The van der Waals surface area contributed by atoms with Crippen molar-refractivity contribution in [2.75, 3.05) is 23.4 Å². The van der Waals surface area contributed by atoms with Crippen LogP contribution in [0.25, 0.3) is 0 Å². The van der Waals surface area contributed by atoms with Crippen LogP contribution in [-0.2, 0) is 14.6 Å². The van der Waals surface area contributed by atoms with Crippen LogP contribution >= 0.6 is 0 Å². The molecule has 1 aliphatic rings. The van der Waals surface area contributed by atoms with Gasteiger partial charge in [-0.15, -0.1) is 0 Å². The van der Waals surface area contributed by atoms with E-state index in [0.29, 0.717) is 6.42 Å². The molecule has 21 heavy (non-hydrogen) atoms. The number of amides is 1. The minimum atomic E-state index is -2.97. The zero-order valence-electron chi connectivity index (χ0n) is 12.7. The Morgan fingerprint density at radius 1 is 1.33 bits per heavy atom. The van der Waals surface area contributed by atoms with E-state index in [1.807, 2.05) is 39.0 Å². The fourth-order valence-electron chi connectivity index (χ4n) is 2.52. The molecule has 0 spiro atoms. The lowest BCUT2D eigenvalue weighted by molar-refractivity contribution is -0.115. The molecule has 1 saturated heterocycles. The van der Waals surface area contributed by atoms with E-state index in [1.54, 1.807) is 0 Å². The van der Waals surface area contributed by atoms with Crippen molar-refractivity contribution in [3.8, 4) is 0 Å². The molecule has 1 atom stereocenters. The first-order valence-electron chi connectivity index (χ1n) is 7.02. The van der Waals surface area contributed by atoms with Gasteiger partial charge in [0.1, 0.15) is 0 Å². The summed E-state index contributed by atoms with van der Waals surface area (Å²) in [4.78, 5) is 12.0. The quantitative estimate of drug-likeness (QED) is 0.882. The Hall–Kier alpha value is -1.40. The van der Waals surface area contributed by atoms with E-state index < -0.39 is 15.4 Å². The maximum atomic E-state index is 12.0. The van der Waals surface area contributed by atoms with Gasteiger partial charge in [0.2, 0.25) is 5.91 Å². The van der Waals surface area contributed by atoms with Crippen molar-refractivity contribution >= 4 is 21.4 Å². The summed E-state index contributed by atoms with van der Waals surface area (Å²) in [7, 11) is -2.97. The molecule has 5 nitrogen and oxygen atoms in total. The minimum absolute atomic E-state index is 0.0940. The number of rotatable bonds is 4. The first kappa shape index (κ1) is 16.0. The molecule has 2 rings (SSSR count). The van der Waals surface area contributed by atoms with E-state index in [9.17, 15) is 13.2 Å². The largest absolute Gasteiger partial charge is 0.325 e. The number of sulfone groups is 1. The molecule has 2 N–H and O–H groups in total. The zero-order chi connectivity index (χ0) is 15.7. The first-order chi connectivity index (χ1) is 9.71. The molecule has 1 aliphatic heterocycles. The van der Waals surface area contributed by atoms with E-state index in [-0.39, 0.29) is 24.0 Å². The van der Waals surface area contributed by atoms with Crippen molar-refractivity contribution in [2.24, 2.45) is 0 Å². The summed E-state index contributed by atoms with van der Waals surface area (Å²) in [6, 6.07) is 5.76. The van der Waals surface area contributed by atoms with Crippen molar-refractivity contribution in [3.63, 3.8) is 0 Å². The summed E-state index contributed by atoms with van der Waals surface area (Å²) < 4.78 is 23.0. The number of hydrogen-bond donors (Lipinski definition) is 2. The van der Waals surface area contributed by atoms with E-state index in [0.717, 1.165) is 16.8 Å². The molecule has 0 aliphatic carbocycles. The van der Waals surface area contributed by atoms with Gasteiger partial charge in [-0.3, -0.25) is 4.79 Å². The number of carbonyl (C=O) groups is 1. The molecule has 1 heterocycles. The highest BCUT2D eigenvalue weighted by molar-refractivity contribution is 7.91. The van der Waals surface area contributed by atoms with Crippen LogP contribution in [0.4, 0.5) is 5.69 Å². The van der Waals surface area contributed by atoms with Gasteiger partial charge in [0.15, 0.2) is 9.84 Å². The van der Waals surface area contributed by atoms with Gasteiger partial charge in [-0.1, -0.05) is 12.1 Å². The highest BCUT2D eigenvalue weighted by Gasteiger charge is 2.38. The van der Waals surface area contributed by atoms with Gasteiger partial charge in [-0.2, -0.15) is 0 Å². The monoisotopic (exact) mass is 310 g/mol. The maximum Gasteiger partial charge on any atom is 0.238 e. The predicted molar refractivity (Wildman–Crippen MR) is 84.2 cm³/mol. The van der Waals surface area contributed by atoms with Crippen molar-refractivity contribution in [3.05, 3.63) is 29.3 Å². The number of aryl methyl sites for hydroxylation is 1. The molecule has 1 fully saturated rings. The SMILES string of the molecule is Cc1cccc(NC(=O)CNC2(C)CCS(=O)(=O)C2)c1C. The van der Waals surface area contributed by atoms with Crippen LogP contribution in [0.2, 0.25) is 0 Å². The van der Waals surface area contributed by atoms with Gasteiger partial charge >= 0.3 is 0 Å². The Morgan fingerprint density at radius 3 is 2.67 bits per heavy atom. The standard InChI is InChI=1S/C15H22N2O3S/c1-11-5-4-6-13(12(11)2)17-14(18)9-16-15(3)7-8-21(19,20)10-15/h4-6,16H,7-10H2,1-3H3,(H,17,18). The molecule has 0 saturated carbocycles. The lowest BCUT2D eigenvalue weighted by atomic mass is 10.0. The summed E-state index contributed by atoms with van der Waals surface area (Å²) in [5, 5.41) is 5.94. The van der Waals surface area contributed by atoms with E-state index in [4.69, 9.17) is 0 Å². The normalized spacial score (nSPS) is 24.0. The zero-order valence-corrected chi connectivity index (χ0v) is 13.5. The summed E-state index contributed by atoms with van der Waals surface area (Å²) in [5.74, 6) is 0.125. The van der Waals surface area contributed by atoms with Gasteiger partial charge in [0.05, 0.1) is 18.1 Å². The number of benzene rings is 1. The fourth-order valence-corrected chi connectivity index (χ4v) is 4.65. The molecule has 116 valence electrons. The second kappa shape index (κ2) is 5.77. The average Bonchev–Trinajstić information content (AvgIpc) is 2.68. The number of hydrogen-bond acceptors (Lipinski definition) is 4. The Morgan fingerprint density at radius 2 is 2.05 bits per heavy atom. The number of anilines is 1. The summed E-state index contributed by atoms with van der Waals surface area (Å²) >= 11 is 0. The molecule has 1 amide bonds. The molecule has 0 bridgehead atoms. The van der Waals surface area contributed by atoms with Crippen LogP contribution in [0, 0.1) is 13.8 Å². The Balaban J connectivity index is 1.93. The van der Waals surface area contributed by atoms with Gasteiger partial charge in [0.25, 0.3) is 0 Å². The van der Waals surface area contributed by atoms with Crippen LogP contribution in [0.1, 0.15) is 24.5 Å². The highest BCUT2D eigenvalue weighted by Crippen LogP contribution is 2.22. The third kappa shape index (κ3) is 4.04. The molecule has 1 unspecified atom stereocenters. The van der Waals surface area contributed by atoms with E-state index in [2.05, 4.69) is 10.6 Å². The topological polar surface area (TPSA) is 75.3 Å². The minimum Gasteiger partial charge on any atom is -0.325 e. The maximum absolute atomic E-state index is 12.0. The lowest BCUT2D eigenvalue weighted by Crippen LogP contribution is -2.46. The van der Waals surface area contributed by atoms with Crippen molar-refractivity contribution in [1.29, 1.82) is 0 Å². The second-order valence-corrected chi connectivity index (χ2v) is 8.24. The van der Waals surface area contributed by atoms with Crippen molar-refractivity contribution in [2.45, 2.75) is 32.7 Å². The lowest BCUT2D eigenvalue weighted by Gasteiger charge is -2.23. The molecule has 1 aromatic rings. The van der Waals surface area contributed by atoms with Crippen molar-refractivity contribution < 1.29 is 13.2 Å². The third-order valence-corrected chi connectivity index (χ3v) is 5.96. The smallest absolute Gasteiger partial charge is 0.238 e. The fraction of sp³-hybridized carbons (Fsp3) is 0.533. The Kier molecular flexibility index (Phi) is 4.39. The van der Waals surface area contributed by atoms with Gasteiger partial charge < -0.3 is 10.6 Å². The Bertz CT molecular complexity index is 655. The van der Waals surface area contributed by atoms with Crippen LogP contribution < -0.4 is 10.6 Å².